The van der Waals surface area contributed by atoms with E-state index in [-0.39, 0.29) is 0 Å². The normalized spacial score (nSPS) is 15.1. The molecule has 1 unspecified atom stereocenters. The standard InChI is InChI=1S/C32H26N4S/c33-31(21-11-3-1-4-12-21)34-32(22-13-5-2-6-14-22)35-36-26-17-9-7-16-25(26)29-27(36)20-19-24-23-15-8-10-18-28(23)37-30(24)29/h2-3,5-20,31H,1,4,33H2,(H,34,35). The molecule has 0 saturated heterocycles. The molecule has 7 rings (SSSR count). The van der Waals surface area contributed by atoms with Crippen molar-refractivity contribution >= 4 is 59.2 Å². The van der Waals surface area contributed by atoms with Crippen LogP contribution in [0, 0.1) is 0 Å². The van der Waals surface area contributed by atoms with Crippen LogP contribution in [0.5, 0.6) is 0 Å². The van der Waals surface area contributed by atoms with Crippen molar-refractivity contribution in [2.45, 2.75) is 19.0 Å². The lowest BCUT2D eigenvalue weighted by atomic mass is 10.1. The van der Waals surface area contributed by atoms with Gasteiger partial charge < -0.3 is 5.73 Å². The van der Waals surface area contributed by atoms with Crippen molar-refractivity contribution < 1.29 is 0 Å². The number of nitrogens with zero attached hydrogens (tertiary/aromatic N) is 2. The molecule has 0 radical (unpaired) electrons. The van der Waals surface area contributed by atoms with Crippen LogP contribution in [-0.4, -0.2) is 16.7 Å². The van der Waals surface area contributed by atoms with Crippen LogP contribution in [-0.2, 0) is 0 Å². The zero-order chi connectivity index (χ0) is 24.8. The minimum absolute atomic E-state index is 0.443. The van der Waals surface area contributed by atoms with E-state index >= 15 is 0 Å². The second kappa shape index (κ2) is 9.04. The third kappa shape index (κ3) is 3.75. The second-order valence-corrected chi connectivity index (χ2v) is 10.4. The van der Waals surface area contributed by atoms with Gasteiger partial charge in [0.15, 0.2) is 0 Å². The molecule has 6 aromatic rings. The fourth-order valence-corrected chi connectivity index (χ4v) is 6.55. The Kier molecular flexibility index (Phi) is 5.38. The first-order valence-corrected chi connectivity index (χ1v) is 13.5. The topological polar surface area (TPSA) is 55.3 Å². The number of nitrogens with two attached hydrogens (primary N) is 1. The van der Waals surface area contributed by atoms with Crippen molar-refractivity contribution in [3.05, 3.63) is 120 Å². The Bertz CT molecular complexity index is 1870. The molecule has 0 aliphatic heterocycles. The van der Waals surface area contributed by atoms with Gasteiger partial charge in [0.1, 0.15) is 12.0 Å². The van der Waals surface area contributed by atoms with Crippen LogP contribution in [0.25, 0.3) is 42.0 Å². The summed E-state index contributed by atoms with van der Waals surface area (Å²) < 4.78 is 4.78. The number of nitrogens with one attached hydrogen (secondary N) is 1. The number of hydrogen-bond acceptors (Lipinski definition) is 3. The Labute approximate surface area is 219 Å². The van der Waals surface area contributed by atoms with E-state index in [1.165, 1.54) is 30.9 Å². The number of amidine groups is 1. The SMILES string of the molecule is NC(/N=C(\Nn1c2ccccc2c2c3sc4ccccc4c3ccc21)c1ccccc1)C1=CCCC=C1. The monoisotopic (exact) mass is 498 g/mol. The van der Waals surface area contributed by atoms with Gasteiger partial charge in [0, 0.05) is 36.5 Å². The van der Waals surface area contributed by atoms with E-state index in [1.54, 1.807) is 0 Å². The third-order valence-corrected chi connectivity index (χ3v) is 8.28. The largest absolute Gasteiger partial charge is 0.306 e. The summed E-state index contributed by atoms with van der Waals surface area (Å²) in [6.45, 7) is 0. The number of fused-ring (bicyclic) bond motifs is 7. The van der Waals surface area contributed by atoms with Crippen LogP contribution in [0.3, 0.4) is 0 Å². The van der Waals surface area contributed by atoms with Crippen molar-refractivity contribution in [3.63, 3.8) is 0 Å². The zero-order valence-electron chi connectivity index (χ0n) is 20.3. The van der Waals surface area contributed by atoms with Gasteiger partial charge in [-0.3, -0.25) is 10.1 Å². The van der Waals surface area contributed by atoms with Gasteiger partial charge >= 0.3 is 0 Å². The molecular weight excluding hydrogens is 472 g/mol. The summed E-state index contributed by atoms with van der Waals surface area (Å²) in [7, 11) is 0. The molecule has 1 aliphatic carbocycles. The second-order valence-electron chi connectivity index (χ2n) is 9.37. The van der Waals surface area contributed by atoms with Gasteiger partial charge in [0.25, 0.3) is 0 Å². The smallest absolute Gasteiger partial charge is 0.149 e. The molecule has 1 aliphatic rings. The Hall–Kier alpha value is -4.19. The number of thiophene rings is 1. The Morgan fingerprint density at radius 3 is 2.43 bits per heavy atom. The number of hydrogen-bond donors (Lipinski definition) is 2. The van der Waals surface area contributed by atoms with Crippen molar-refractivity contribution in [2.75, 3.05) is 5.43 Å². The predicted octanol–water partition coefficient (Wildman–Crippen LogP) is 7.71. The summed E-state index contributed by atoms with van der Waals surface area (Å²) in [5.41, 5.74) is 14.5. The third-order valence-electron chi connectivity index (χ3n) is 7.08. The molecule has 4 aromatic carbocycles. The lowest BCUT2D eigenvalue weighted by Crippen LogP contribution is -2.29. The number of allylic oxidation sites excluding steroid dienone is 2. The molecule has 5 heteroatoms. The summed E-state index contributed by atoms with van der Waals surface area (Å²) in [4.78, 5) is 5.00. The Balaban J connectivity index is 1.44. The molecule has 180 valence electrons. The average molecular weight is 499 g/mol. The van der Waals surface area contributed by atoms with Gasteiger partial charge in [-0.05, 0) is 36.6 Å². The maximum absolute atomic E-state index is 6.60. The van der Waals surface area contributed by atoms with Crippen LogP contribution in [0.15, 0.2) is 120 Å². The lowest BCUT2D eigenvalue weighted by molar-refractivity contribution is 0.816. The predicted molar refractivity (Wildman–Crippen MR) is 159 cm³/mol. The molecule has 2 aromatic heterocycles. The quantitative estimate of drug-likeness (QED) is 0.193. The number of aromatic nitrogens is 1. The molecule has 0 saturated carbocycles. The minimum atomic E-state index is -0.443. The first-order valence-electron chi connectivity index (χ1n) is 12.6. The van der Waals surface area contributed by atoms with Crippen molar-refractivity contribution in [3.8, 4) is 0 Å². The molecule has 0 bridgehead atoms. The highest BCUT2D eigenvalue weighted by molar-refractivity contribution is 7.26. The minimum Gasteiger partial charge on any atom is -0.306 e. The summed E-state index contributed by atoms with van der Waals surface area (Å²) >= 11 is 1.86. The van der Waals surface area contributed by atoms with Gasteiger partial charge in [-0.25, -0.2) is 4.99 Å². The van der Waals surface area contributed by atoms with Crippen LogP contribution in [0.4, 0.5) is 0 Å². The van der Waals surface area contributed by atoms with Gasteiger partial charge in [-0.2, -0.15) is 0 Å². The first kappa shape index (κ1) is 22.0. The summed E-state index contributed by atoms with van der Waals surface area (Å²) in [6.07, 6.45) is 8.07. The van der Waals surface area contributed by atoms with E-state index in [0.29, 0.717) is 0 Å². The molecular formula is C32H26N4S. The maximum Gasteiger partial charge on any atom is 0.149 e. The van der Waals surface area contributed by atoms with Crippen LogP contribution in [0.1, 0.15) is 18.4 Å². The van der Waals surface area contributed by atoms with Crippen LogP contribution in [0.2, 0.25) is 0 Å². The highest BCUT2D eigenvalue weighted by atomic mass is 32.1. The fourth-order valence-electron chi connectivity index (χ4n) is 5.29. The number of rotatable bonds is 4. The fraction of sp³-hybridized carbons (Fsp3) is 0.0938. The molecule has 0 fully saturated rings. The van der Waals surface area contributed by atoms with Crippen LogP contribution < -0.4 is 11.2 Å². The molecule has 4 nitrogen and oxygen atoms in total. The maximum atomic E-state index is 6.60. The van der Waals surface area contributed by atoms with Crippen molar-refractivity contribution in [2.24, 2.45) is 10.7 Å². The summed E-state index contributed by atoms with van der Waals surface area (Å²) in [6, 6.07) is 31.9. The highest BCUT2D eigenvalue weighted by Crippen LogP contribution is 2.41. The van der Waals surface area contributed by atoms with E-state index < -0.39 is 6.17 Å². The highest BCUT2D eigenvalue weighted by Gasteiger charge is 2.18. The van der Waals surface area contributed by atoms with E-state index in [1.807, 2.05) is 29.5 Å². The zero-order valence-corrected chi connectivity index (χ0v) is 21.1. The Morgan fingerprint density at radius 1 is 0.811 bits per heavy atom. The summed E-state index contributed by atoms with van der Waals surface area (Å²) in [5.74, 6) is 0.743. The van der Waals surface area contributed by atoms with E-state index in [2.05, 4.69) is 101 Å². The Morgan fingerprint density at radius 2 is 1.59 bits per heavy atom. The average Bonchev–Trinajstić information content (AvgIpc) is 3.49. The molecule has 1 atom stereocenters. The van der Waals surface area contributed by atoms with Gasteiger partial charge in [0.05, 0.1) is 11.0 Å². The molecule has 2 heterocycles. The van der Waals surface area contributed by atoms with Gasteiger partial charge in [0.2, 0.25) is 0 Å². The van der Waals surface area contributed by atoms with Gasteiger partial charge in [-0.1, -0.05) is 91.0 Å². The number of para-hydroxylation sites is 1. The number of aliphatic imine (C=N–C) groups is 1. The number of benzene rings is 4. The molecule has 0 amide bonds. The van der Waals surface area contributed by atoms with Crippen LogP contribution >= 0.6 is 11.3 Å². The van der Waals surface area contributed by atoms with E-state index in [0.717, 1.165) is 40.8 Å². The molecule has 3 N–H and O–H groups in total. The van der Waals surface area contributed by atoms with E-state index in [9.17, 15) is 0 Å². The molecule has 0 spiro atoms. The van der Waals surface area contributed by atoms with E-state index in [4.69, 9.17) is 10.7 Å². The summed E-state index contributed by atoms with van der Waals surface area (Å²) in [5, 5.41) is 5.08. The first-order chi connectivity index (χ1) is 18.3. The van der Waals surface area contributed by atoms with Gasteiger partial charge in [-0.15, -0.1) is 11.3 Å². The lowest BCUT2D eigenvalue weighted by Gasteiger charge is -2.18. The van der Waals surface area contributed by atoms with Crippen molar-refractivity contribution in [1.29, 1.82) is 0 Å². The van der Waals surface area contributed by atoms with Crippen molar-refractivity contribution in [1.82, 2.24) is 4.68 Å². The molecule has 37 heavy (non-hydrogen) atoms.